The summed E-state index contributed by atoms with van der Waals surface area (Å²) in [4.78, 5) is 0.379. The molecule has 0 fully saturated rings. The molecule has 1 atom stereocenters. The molecular formula is C15H23N3O2S. The van der Waals surface area contributed by atoms with Gasteiger partial charge in [0.05, 0.1) is 0 Å². The first-order valence-electron chi connectivity index (χ1n) is 7.15. The molecule has 2 N–H and O–H groups in total. The van der Waals surface area contributed by atoms with Crippen LogP contribution in [0.2, 0.25) is 0 Å². The predicted molar refractivity (Wildman–Crippen MR) is 86.0 cm³/mol. The fraction of sp³-hybridized carbons (Fsp3) is 0.467. The number of nitrogens with zero attached hydrogens (tertiary/aromatic N) is 1. The summed E-state index contributed by atoms with van der Waals surface area (Å²) in [6, 6.07) is 7.66. The minimum absolute atomic E-state index is 0.0973. The molecule has 0 saturated heterocycles. The van der Waals surface area contributed by atoms with Crippen molar-refractivity contribution < 1.29 is 8.42 Å². The third-order valence-corrected chi connectivity index (χ3v) is 5.34. The second-order valence-electron chi connectivity index (χ2n) is 5.30. The lowest BCUT2D eigenvalue weighted by Gasteiger charge is -2.13. The molecular weight excluding hydrogens is 286 g/mol. The van der Waals surface area contributed by atoms with Gasteiger partial charge in [0.2, 0.25) is 10.0 Å². The molecule has 21 heavy (non-hydrogen) atoms. The Hall–Kier alpha value is -1.37. The Bertz CT molecular complexity index is 735. The van der Waals surface area contributed by atoms with Crippen LogP contribution in [0.1, 0.15) is 19.5 Å². The summed E-state index contributed by atoms with van der Waals surface area (Å²) >= 11 is 0. The first-order chi connectivity index (χ1) is 9.88. The number of nitrogens with one attached hydrogen (secondary N) is 2. The van der Waals surface area contributed by atoms with Crippen LogP contribution in [0, 0.1) is 6.92 Å². The Morgan fingerprint density at radius 3 is 2.62 bits per heavy atom. The lowest BCUT2D eigenvalue weighted by molar-refractivity contribution is 0.536. The molecule has 6 heteroatoms. The Morgan fingerprint density at radius 2 is 1.95 bits per heavy atom. The van der Waals surface area contributed by atoms with Crippen molar-refractivity contribution in [3.8, 4) is 0 Å². The molecule has 116 valence electrons. The van der Waals surface area contributed by atoms with E-state index in [1.807, 2.05) is 56.7 Å². The smallest absolute Gasteiger partial charge is 0.243 e. The van der Waals surface area contributed by atoms with Crippen LogP contribution in [0.4, 0.5) is 0 Å². The summed E-state index contributed by atoms with van der Waals surface area (Å²) in [6.45, 7) is 6.99. The molecule has 0 unspecified atom stereocenters. The molecule has 0 radical (unpaired) electrons. The summed E-state index contributed by atoms with van der Waals surface area (Å²) in [5.41, 5.74) is 1.68. The number of para-hydroxylation sites is 1. The second-order valence-corrected chi connectivity index (χ2v) is 7.01. The molecule has 0 spiro atoms. The van der Waals surface area contributed by atoms with E-state index in [4.69, 9.17) is 0 Å². The van der Waals surface area contributed by atoms with E-state index in [-0.39, 0.29) is 6.04 Å². The Labute approximate surface area is 126 Å². The molecule has 1 heterocycles. The maximum atomic E-state index is 12.6. The van der Waals surface area contributed by atoms with Crippen LogP contribution in [-0.4, -0.2) is 32.1 Å². The summed E-state index contributed by atoms with van der Waals surface area (Å²) in [5, 5.41) is 3.96. The Morgan fingerprint density at radius 1 is 1.29 bits per heavy atom. The molecule has 0 bridgehead atoms. The van der Waals surface area contributed by atoms with E-state index < -0.39 is 10.0 Å². The Balaban J connectivity index is 2.39. The van der Waals surface area contributed by atoms with E-state index in [2.05, 4.69) is 10.0 Å². The van der Waals surface area contributed by atoms with Crippen molar-refractivity contribution in [1.29, 1.82) is 0 Å². The number of rotatable bonds is 6. The van der Waals surface area contributed by atoms with Gasteiger partial charge in [0, 0.05) is 36.2 Å². The van der Waals surface area contributed by atoms with Crippen molar-refractivity contribution in [2.75, 3.05) is 13.1 Å². The van der Waals surface area contributed by atoms with Crippen molar-refractivity contribution >= 4 is 20.9 Å². The highest BCUT2D eigenvalue weighted by molar-refractivity contribution is 7.89. The van der Waals surface area contributed by atoms with Crippen molar-refractivity contribution in [3.05, 3.63) is 30.0 Å². The van der Waals surface area contributed by atoms with Gasteiger partial charge >= 0.3 is 0 Å². The van der Waals surface area contributed by atoms with E-state index in [1.165, 1.54) is 0 Å². The van der Waals surface area contributed by atoms with Gasteiger partial charge < -0.3 is 9.88 Å². The van der Waals surface area contributed by atoms with Gasteiger partial charge in [-0.15, -0.1) is 0 Å². The van der Waals surface area contributed by atoms with Crippen molar-refractivity contribution in [2.24, 2.45) is 7.05 Å². The van der Waals surface area contributed by atoms with Crippen LogP contribution in [0.15, 0.2) is 29.2 Å². The van der Waals surface area contributed by atoms with E-state index in [0.717, 1.165) is 23.1 Å². The van der Waals surface area contributed by atoms with Gasteiger partial charge in [0.15, 0.2) is 0 Å². The maximum absolute atomic E-state index is 12.6. The predicted octanol–water partition coefficient (Wildman–Crippen LogP) is 1.76. The number of benzene rings is 1. The van der Waals surface area contributed by atoms with Crippen LogP contribution in [0.3, 0.4) is 0 Å². The summed E-state index contributed by atoms with van der Waals surface area (Å²) < 4.78 is 29.9. The van der Waals surface area contributed by atoms with Crippen LogP contribution in [0.25, 0.3) is 10.9 Å². The number of hydrogen-bond acceptors (Lipinski definition) is 3. The minimum Gasteiger partial charge on any atom is -0.347 e. The molecule has 1 aromatic carbocycles. The standard InChI is InChI=1S/C15H23N3O2S/c1-5-16-11(2)10-17-21(19,20)15-12(3)18(4)14-9-7-6-8-13(14)15/h6-9,11,16-17H,5,10H2,1-4H3/t11-/m1/s1. The topological polar surface area (TPSA) is 63.1 Å². The molecule has 1 aromatic heterocycles. The van der Waals surface area contributed by atoms with Gasteiger partial charge in [0.1, 0.15) is 4.90 Å². The molecule has 0 aliphatic heterocycles. The van der Waals surface area contributed by atoms with E-state index >= 15 is 0 Å². The van der Waals surface area contributed by atoms with Crippen molar-refractivity contribution in [1.82, 2.24) is 14.6 Å². The minimum atomic E-state index is -3.52. The third-order valence-electron chi connectivity index (χ3n) is 3.74. The highest BCUT2D eigenvalue weighted by Crippen LogP contribution is 2.28. The molecule has 2 aromatic rings. The number of sulfonamides is 1. The molecule has 0 aliphatic carbocycles. The lowest BCUT2D eigenvalue weighted by Crippen LogP contribution is -2.38. The zero-order valence-electron chi connectivity index (χ0n) is 13.0. The van der Waals surface area contributed by atoms with Crippen molar-refractivity contribution in [2.45, 2.75) is 31.7 Å². The molecule has 2 rings (SSSR count). The van der Waals surface area contributed by atoms with Crippen LogP contribution >= 0.6 is 0 Å². The summed E-state index contributed by atoms with van der Waals surface area (Å²) in [5.74, 6) is 0. The zero-order chi connectivity index (χ0) is 15.6. The van der Waals surface area contributed by atoms with E-state index in [9.17, 15) is 8.42 Å². The third kappa shape index (κ3) is 3.12. The molecule has 0 saturated carbocycles. The monoisotopic (exact) mass is 309 g/mol. The number of hydrogen-bond donors (Lipinski definition) is 2. The fourth-order valence-electron chi connectivity index (χ4n) is 2.55. The quantitative estimate of drug-likeness (QED) is 0.855. The SMILES string of the molecule is CCN[C@H](C)CNS(=O)(=O)c1c(C)n(C)c2ccccc12. The molecule has 5 nitrogen and oxygen atoms in total. The highest BCUT2D eigenvalue weighted by atomic mass is 32.2. The first-order valence-corrected chi connectivity index (χ1v) is 8.64. The lowest BCUT2D eigenvalue weighted by atomic mass is 10.2. The first kappa shape index (κ1) is 16.0. The fourth-order valence-corrected chi connectivity index (χ4v) is 4.15. The average Bonchev–Trinajstić information content (AvgIpc) is 2.70. The average molecular weight is 309 g/mol. The van der Waals surface area contributed by atoms with Gasteiger partial charge in [0.25, 0.3) is 0 Å². The molecule has 0 aliphatic rings. The number of fused-ring (bicyclic) bond motifs is 1. The van der Waals surface area contributed by atoms with Crippen molar-refractivity contribution in [3.63, 3.8) is 0 Å². The van der Waals surface area contributed by atoms with E-state index in [1.54, 1.807) is 0 Å². The van der Waals surface area contributed by atoms with Gasteiger partial charge in [-0.1, -0.05) is 25.1 Å². The van der Waals surface area contributed by atoms with Gasteiger partial charge in [-0.3, -0.25) is 0 Å². The normalized spacial score (nSPS) is 13.7. The van der Waals surface area contributed by atoms with E-state index in [0.29, 0.717) is 11.4 Å². The number of aromatic nitrogens is 1. The largest absolute Gasteiger partial charge is 0.347 e. The van der Waals surface area contributed by atoms with Crippen LogP contribution in [-0.2, 0) is 17.1 Å². The van der Waals surface area contributed by atoms with Crippen LogP contribution < -0.4 is 10.0 Å². The van der Waals surface area contributed by atoms with Crippen LogP contribution in [0.5, 0.6) is 0 Å². The zero-order valence-corrected chi connectivity index (χ0v) is 13.8. The van der Waals surface area contributed by atoms with Gasteiger partial charge in [-0.25, -0.2) is 13.1 Å². The Kier molecular flexibility index (Phi) is 4.70. The summed E-state index contributed by atoms with van der Waals surface area (Å²) in [7, 11) is -1.63. The maximum Gasteiger partial charge on any atom is 0.243 e. The number of likely N-dealkylation sites (N-methyl/N-ethyl adjacent to an activating group) is 1. The van der Waals surface area contributed by atoms with Gasteiger partial charge in [-0.05, 0) is 26.5 Å². The van der Waals surface area contributed by atoms with Gasteiger partial charge in [-0.2, -0.15) is 0 Å². The molecule has 0 amide bonds. The highest BCUT2D eigenvalue weighted by Gasteiger charge is 2.24. The summed E-state index contributed by atoms with van der Waals surface area (Å²) in [6.07, 6.45) is 0. The second kappa shape index (κ2) is 6.17. The number of aryl methyl sites for hydroxylation is 1.